The van der Waals surface area contributed by atoms with Crippen molar-refractivity contribution in [3.63, 3.8) is 0 Å². The third-order valence-corrected chi connectivity index (χ3v) is 3.19. The molecule has 0 unspecified atom stereocenters. The Morgan fingerprint density at radius 2 is 2.05 bits per heavy atom. The summed E-state index contributed by atoms with van der Waals surface area (Å²) in [7, 11) is 1.80. The number of aromatic nitrogens is 3. The highest BCUT2D eigenvalue weighted by molar-refractivity contribution is 5.97. The lowest BCUT2D eigenvalue weighted by atomic mass is 10.0. The fourth-order valence-corrected chi connectivity index (χ4v) is 2.09. The number of carbonyl (C=O) groups excluding carboxylic acids is 1. The molecule has 2 N–H and O–H groups in total. The molecule has 0 aliphatic carbocycles. The van der Waals surface area contributed by atoms with Crippen molar-refractivity contribution >= 4 is 5.91 Å². The number of aliphatic hydroxyl groups excluding tert-OH is 1. The van der Waals surface area contributed by atoms with Gasteiger partial charge < -0.3 is 15.0 Å². The van der Waals surface area contributed by atoms with Crippen molar-refractivity contribution in [1.82, 2.24) is 19.7 Å². The Kier molecular flexibility index (Phi) is 3.94. The van der Waals surface area contributed by atoms with E-state index in [1.54, 1.807) is 17.9 Å². The molecule has 0 atom stereocenters. The first-order valence-electron chi connectivity index (χ1n) is 6.53. The molecule has 0 saturated carbocycles. The molecular formula is C14H20N4O2. The predicted octanol–water partition coefficient (Wildman–Crippen LogP) is 1.10. The van der Waals surface area contributed by atoms with Crippen molar-refractivity contribution in [2.75, 3.05) is 6.61 Å². The first-order chi connectivity index (χ1) is 9.44. The van der Waals surface area contributed by atoms with Gasteiger partial charge in [0.25, 0.3) is 5.91 Å². The van der Waals surface area contributed by atoms with Crippen molar-refractivity contribution in [3.05, 3.63) is 36.3 Å². The highest BCUT2D eigenvalue weighted by atomic mass is 16.3. The van der Waals surface area contributed by atoms with E-state index >= 15 is 0 Å². The summed E-state index contributed by atoms with van der Waals surface area (Å²) >= 11 is 0. The Morgan fingerprint density at radius 3 is 2.65 bits per heavy atom. The summed E-state index contributed by atoms with van der Waals surface area (Å²) in [6.07, 6.45) is 5.79. The topological polar surface area (TPSA) is 72.1 Å². The number of nitrogens with zero attached hydrogens (tertiary/aromatic N) is 3. The van der Waals surface area contributed by atoms with Gasteiger partial charge in [-0.1, -0.05) is 0 Å². The van der Waals surface area contributed by atoms with Gasteiger partial charge in [0, 0.05) is 31.6 Å². The summed E-state index contributed by atoms with van der Waals surface area (Å²) in [6, 6.07) is 3.79. The lowest BCUT2D eigenvalue weighted by molar-refractivity contribution is 0.0899. The first-order valence-corrected chi connectivity index (χ1v) is 6.53. The average Bonchev–Trinajstić information content (AvgIpc) is 2.96. The van der Waals surface area contributed by atoms with Gasteiger partial charge in [-0.25, -0.2) is 0 Å². The van der Waals surface area contributed by atoms with Gasteiger partial charge in [0.05, 0.1) is 6.20 Å². The number of hydrogen-bond acceptors (Lipinski definition) is 3. The van der Waals surface area contributed by atoms with Gasteiger partial charge in [0.1, 0.15) is 11.4 Å². The molecule has 2 rings (SSSR count). The second-order valence-corrected chi connectivity index (χ2v) is 5.41. The molecule has 6 nitrogen and oxygen atoms in total. The molecule has 0 spiro atoms. The fraction of sp³-hybridized carbons (Fsp3) is 0.429. The van der Waals surface area contributed by atoms with Gasteiger partial charge >= 0.3 is 0 Å². The van der Waals surface area contributed by atoms with Gasteiger partial charge in [-0.2, -0.15) is 5.10 Å². The highest BCUT2D eigenvalue weighted by Gasteiger charge is 2.24. The number of aryl methyl sites for hydroxylation is 1. The van der Waals surface area contributed by atoms with Gasteiger partial charge in [0.15, 0.2) is 0 Å². The highest BCUT2D eigenvalue weighted by Crippen LogP contribution is 2.16. The Morgan fingerprint density at radius 1 is 1.40 bits per heavy atom. The third-order valence-electron chi connectivity index (χ3n) is 3.19. The first kappa shape index (κ1) is 14.3. The van der Waals surface area contributed by atoms with Crippen LogP contribution in [0.1, 0.15) is 30.6 Å². The van der Waals surface area contributed by atoms with E-state index in [0.717, 1.165) is 0 Å². The van der Waals surface area contributed by atoms with Gasteiger partial charge in [-0.3, -0.25) is 9.48 Å². The van der Waals surface area contributed by atoms with Gasteiger partial charge in [0.2, 0.25) is 0 Å². The number of carbonyl (C=O) groups is 1. The van der Waals surface area contributed by atoms with Crippen LogP contribution in [0.15, 0.2) is 30.7 Å². The predicted molar refractivity (Wildman–Crippen MR) is 75.8 cm³/mol. The maximum Gasteiger partial charge on any atom is 0.257 e. The van der Waals surface area contributed by atoms with E-state index in [1.165, 1.54) is 0 Å². The van der Waals surface area contributed by atoms with Crippen molar-refractivity contribution in [3.8, 4) is 5.82 Å². The van der Waals surface area contributed by atoms with Crippen molar-refractivity contribution in [2.45, 2.75) is 25.8 Å². The number of rotatable bonds is 5. The molecule has 2 heterocycles. The van der Waals surface area contributed by atoms with Crippen LogP contribution in [0.25, 0.3) is 5.82 Å². The minimum absolute atomic E-state index is 0.0325. The molecule has 0 bridgehead atoms. The van der Waals surface area contributed by atoms with E-state index in [-0.39, 0.29) is 12.5 Å². The Labute approximate surface area is 118 Å². The van der Waals surface area contributed by atoms with Gasteiger partial charge in [-0.15, -0.1) is 0 Å². The number of nitrogens with one attached hydrogen (secondary N) is 1. The molecule has 108 valence electrons. The zero-order valence-electron chi connectivity index (χ0n) is 12.0. The maximum atomic E-state index is 12.4. The van der Waals surface area contributed by atoms with Crippen molar-refractivity contribution < 1.29 is 9.90 Å². The van der Waals surface area contributed by atoms with Crippen LogP contribution in [-0.2, 0) is 7.05 Å². The van der Waals surface area contributed by atoms with E-state index in [4.69, 9.17) is 5.11 Å². The summed E-state index contributed by atoms with van der Waals surface area (Å²) in [5.41, 5.74) is 0.0463. The van der Waals surface area contributed by atoms with Crippen LogP contribution in [0, 0.1) is 0 Å². The van der Waals surface area contributed by atoms with Crippen molar-refractivity contribution in [1.29, 1.82) is 0 Å². The van der Waals surface area contributed by atoms with E-state index in [2.05, 4.69) is 10.4 Å². The zero-order valence-corrected chi connectivity index (χ0v) is 12.0. The molecule has 0 fully saturated rings. The van der Waals surface area contributed by atoms with E-state index in [9.17, 15) is 4.79 Å². The van der Waals surface area contributed by atoms with Crippen LogP contribution in [0.4, 0.5) is 0 Å². The lowest BCUT2D eigenvalue weighted by Crippen LogP contribution is -2.44. The molecule has 2 aromatic rings. The average molecular weight is 276 g/mol. The van der Waals surface area contributed by atoms with Crippen molar-refractivity contribution in [2.24, 2.45) is 7.05 Å². The molecule has 0 aliphatic heterocycles. The standard InChI is InChI=1S/C14H20N4O2/c1-14(2,6-9-19)16-12(20)11-10-15-17(3)13(11)18-7-4-5-8-18/h4-5,7-8,10,19H,6,9H2,1-3H3,(H,16,20). The van der Waals surface area contributed by atoms with Crippen LogP contribution < -0.4 is 5.32 Å². The Hall–Kier alpha value is -2.08. The number of aliphatic hydroxyl groups is 1. The Bertz CT molecular complexity index is 584. The molecule has 0 saturated heterocycles. The smallest absolute Gasteiger partial charge is 0.257 e. The van der Waals surface area contributed by atoms with Gasteiger partial charge in [-0.05, 0) is 32.4 Å². The monoisotopic (exact) mass is 276 g/mol. The molecule has 0 aliphatic rings. The summed E-state index contributed by atoms with van der Waals surface area (Å²) in [4.78, 5) is 12.4. The second-order valence-electron chi connectivity index (χ2n) is 5.41. The van der Waals surface area contributed by atoms with Crippen LogP contribution in [0.5, 0.6) is 0 Å². The van der Waals surface area contributed by atoms with Crippen LogP contribution in [0.3, 0.4) is 0 Å². The van der Waals surface area contributed by atoms with Crippen LogP contribution in [0.2, 0.25) is 0 Å². The lowest BCUT2D eigenvalue weighted by Gasteiger charge is -2.25. The zero-order chi connectivity index (χ0) is 14.8. The minimum atomic E-state index is -0.463. The molecule has 6 heteroatoms. The summed E-state index contributed by atoms with van der Waals surface area (Å²) in [6.45, 7) is 3.80. The maximum absolute atomic E-state index is 12.4. The van der Waals surface area contributed by atoms with Crippen LogP contribution >= 0.6 is 0 Å². The normalized spacial score (nSPS) is 11.6. The Balaban J connectivity index is 2.28. The second kappa shape index (κ2) is 5.50. The molecule has 0 radical (unpaired) electrons. The number of hydrogen-bond donors (Lipinski definition) is 2. The molecular weight excluding hydrogens is 256 g/mol. The van der Waals surface area contributed by atoms with E-state index in [0.29, 0.717) is 17.8 Å². The van der Waals surface area contributed by atoms with Crippen LogP contribution in [-0.4, -0.2) is 37.5 Å². The summed E-state index contributed by atoms with van der Waals surface area (Å²) in [5, 5.41) is 16.1. The molecule has 20 heavy (non-hydrogen) atoms. The van der Waals surface area contributed by atoms with E-state index in [1.807, 2.05) is 42.9 Å². The number of amides is 1. The molecule has 1 amide bonds. The fourth-order valence-electron chi connectivity index (χ4n) is 2.09. The molecule has 2 aromatic heterocycles. The quantitative estimate of drug-likeness (QED) is 0.859. The van der Waals surface area contributed by atoms with E-state index < -0.39 is 5.54 Å². The third kappa shape index (κ3) is 2.91. The minimum Gasteiger partial charge on any atom is -0.396 e. The molecule has 0 aromatic carbocycles. The SMILES string of the molecule is Cn1ncc(C(=O)NC(C)(C)CCO)c1-n1cccc1. The summed E-state index contributed by atoms with van der Waals surface area (Å²) < 4.78 is 3.51. The largest absolute Gasteiger partial charge is 0.396 e. The summed E-state index contributed by atoms with van der Waals surface area (Å²) in [5.74, 6) is 0.521.